The van der Waals surface area contributed by atoms with Gasteiger partial charge in [-0.15, -0.1) is 0 Å². The second-order valence-corrected chi connectivity index (χ2v) is 14.1. The minimum absolute atomic E-state index is 0.133. The van der Waals surface area contributed by atoms with Crippen molar-refractivity contribution in [2.24, 2.45) is 0 Å². The van der Waals surface area contributed by atoms with Gasteiger partial charge in [-0.3, -0.25) is 4.79 Å². The lowest BCUT2D eigenvalue weighted by atomic mass is 9.99. The van der Waals surface area contributed by atoms with E-state index in [4.69, 9.17) is 9.47 Å². The van der Waals surface area contributed by atoms with Gasteiger partial charge in [0, 0.05) is 6.42 Å². The lowest BCUT2D eigenvalue weighted by Crippen LogP contribution is -2.60. The van der Waals surface area contributed by atoms with Gasteiger partial charge in [0.15, 0.2) is 6.29 Å². The molecule has 1 aliphatic heterocycles. The molecule has 0 aromatic rings. The van der Waals surface area contributed by atoms with E-state index in [2.05, 4.69) is 19.2 Å². The van der Waals surface area contributed by atoms with Gasteiger partial charge in [-0.1, -0.05) is 162 Å². The molecule has 1 rings (SSSR count). The summed E-state index contributed by atoms with van der Waals surface area (Å²) < 4.78 is 11.2. The highest BCUT2D eigenvalue weighted by atomic mass is 16.7. The average molecular weight is 674 g/mol. The summed E-state index contributed by atoms with van der Waals surface area (Å²) in [6, 6.07) is -0.708. The van der Waals surface area contributed by atoms with Crippen molar-refractivity contribution in [3.05, 3.63) is 0 Å². The molecule has 0 bridgehead atoms. The Morgan fingerprint density at radius 2 is 1.06 bits per heavy atom. The Morgan fingerprint density at radius 1 is 0.638 bits per heavy atom. The molecule has 1 saturated heterocycles. The Bertz CT molecular complexity index is 711. The third-order valence-corrected chi connectivity index (χ3v) is 9.71. The van der Waals surface area contributed by atoms with Gasteiger partial charge in [-0.05, 0) is 12.8 Å². The molecule has 0 radical (unpaired) electrons. The van der Waals surface area contributed by atoms with Crippen LogP contribution in [-0.2, 0) is 14.3 Å². The molecule has 1 amide bonds. The van der Waals surface area contributed by atoms with Gasteiger partial charge >= 0.3 is 0 Å². The highest BCUT2D eigenvalue weighted by molar-refractivity contribution is 5.76. The van der Waals surface area contributed by atoms with Crippen molar-refractivity contribution < 1.29 is 39.8 Å². The quantitative estimate of drug-likeness (QED) is 0.0426. The summed E-state index contributed by atoms with van der Waals surface area (Å²) in [5, 5.41) is 54.0. The van der Waals surface area contributed by atoms with Crippen LogP contribution in [0.1, 0.15) is 181 Å². The van der Waals surface area contributed by atoms with Crippen LogP contribution in [0.15, 0.2) is 0 Å². The standard InChI is InChI=1S/C38H75NO8/c1-3-5-7-9-11-13-15-16-18-19-21-23-25-27-32(41)31(30-46-38-37(45)36(44)35(43)33(29-40)47-38)39-34(42)28-26-24-22-20-17-14-12-10-8-6-4-2/h31-33,35-38,40-41,43-45H,3-30H2,1-2H3,(H,39,42)/t31-,32+,33?,35?,36?,37?,38?/m0/s1. The van der Waals surface area contributed by atoms with Gasteiger partial charge in [-0.25, -0.2) is 0 Å². The maximum Gasteiger partial charge on any atom is 0.220 e. The predicted octanol–water partition coefficient (Wildman–Crippen LogP) is 6.83. The van der Waals surface area contributed by atoms with Crippen molar-refractivity contribution in [3.63, 3.8) is 0 Å². The summed E-state index contributed by atoms with van der Waals surface area (Å²) >= 11 is 0. The van der Waals surface area contributed by atoms with Gasteiger partial charge in [0.2, 0.25) is 5.91 Å². The molecule has 1 aliphatic rings. The molecule has 0 spiro atoms. The Morgan fingerprint density at radius 3 is 1.51 bits per heavy atom. The zero-order chi connectivity index (χ0) is 34.5. The number of rotatable bonds is 32. The first-order valence-electron chi connectivity index (χ1n) is 19.7. The fourth-order valence-corrected chi connectivity index (χ4v) is 6.45. The SMILES string of the molecule is CCCCCCCCCCCCCCC[C@@H](O)[C@H](COC1OC(CO)C(O)C(O)C1O)NC(=O)CCCCCCCCCCCCC. The predicted molar refractivity (Wildman–Crippen MR) is 189 cm³/mol. The number of unbranched alkanes of at least 4 members (excludes halogenated alkanes) is 22. The molecule has 1 fully saturated rings. The van der Waals surface area contributed by atoms with Crippen LogP contribution in [0.5, 0.6) is 0 Å². The van der Waals surface area contributed by atoms with E-state index in [1.807, 2.05) is 0 Å². The van der Waals surface area contributed by atoms with E-state index in [1.54, 1.807) is 0 Å². The van der Waals surface area contributed by atoms with Gasteiger partial charge < -0.3 is 40.3 Å². The van der Waals surface area contributed by atoms with Crippen LogP contribution in [0.2, 0.25) is 0 Å². The number of amides is 1. The Kier molecular flexibility index (Phi) is 28.3. The maximum absolute atomic E-state index is 12.9. The van der Waals surface area contributed by atoms with E-state index in [9.17, 15) is 30.3 Å². The molecular formula is C38H75NO8. The number of aliphatic hydroxyl groups is 5. The van der Waals surface area contributed by atoms with Crippen LogP contribution >= 0.6 is 0 Å². The number of carbonyl (C=O) groups excluding carboxylic acids is 1. The molecule has 1 heterocycles. The molecule has 280 valence electrons. The van der Waals surface area contributed by atoms with Gasteiger partial charge in [0.05, 0.1) is 25.4 Å². The summed E-state index contributed by atoms with van der Waals surface area (Å²) in [5.74, 6) is -0.146. The fourth-order valence-electron chi connectivity index (χ4n) is 6.45. The number of ether oxygens (including phenoxy) is 2. The van der Waals surface area contributed by atoms with Crippen LogP contribution in [0.4, 0.5) is 0 Å². The Labute approximate surface area is 287 Å². The largest absolute Gasteiger partial charge is 0.394 e. The van der Waals surface area contributed by atoms with E-state index in [-0.39, 0.29) is 12.5 Å². The zero-order valence-electron chi connectivity index (χ0n) is 30.3. The van der Waals surface area contributed by atoms with E-state index in [0.29, 0.717) is 12.8 Å². The third-order valence-electron chi connectivity index (χ3n) is 9.71. The normalized spacial score (nSPS) is 22.7. The second kappa shape index (κ2) is 30.1. The molecule has 9 heteroatoms. The maximum atomic E-state index is 12.9. The number of aliphatic hydroxyl groups excluding tert-OH is 5. The summed E-state index contributed by atoms with van der Waals surface area (Å²) in [6.07, 6.45) is 22.5. The van der Waals surface area contributed by atoms with E-state index in [0.717, 1.165) is 38.5 Å². The van der Waals surface area contributed by atoms with Crippen LogP contribution in [-0.4, -0.2) is 87.5 Å². The fraction of sp³-hybridized carbons (Fsp3) is 0.974. The van der Waals surface area contributed by atoms with Crippen LogP contribution in [0, 0.1) is 0 Å². The van der Waals surface area contributed by atoms with Crippen molar-refractivity contribution in [1.29, 1.82) is 0 Å². The van der Waals surface area contributed by atoms with E-state index >= 15 is 0 Å². The van der Waals surface area contributed by atoms with E-state index in [1.165, 1.54) is 116 Å². The molecular weight excluding hydrogens is 598 g/mol. The summed E-state index contributed by atoms with van der Waals surface area (Å²) in [4.78, 5) is 12.9. The molecule has 0 aliphatic carbocycles. The monoisotopic (exact) mass is 674 g/mol. The number of hydrogen-bond donors (Lipinski definition) is 6. The zero-order valence-corrected chi connectivity index (χ0v) is 30.3. The lowest BCUT2D eigenvalue weighted by Gasteiger charge is -2.40. The molecule has 0 aromatic heterocycles. The minimum Gasteiger partial charge on any atom is -0.394 e. The van der Waals surface area contributed by atoms with Gasteiger partial charge in [0.1, 0.15) is 24.4 Å². The molecule has 47 heavy (non-hydrogen) atoms. The average Bonchev–Trinajstić information content (AvgIpc) is 3.07. The Balaban J connectivity index is 2.41. The molecule has 6 N–H and O–H groups in total. The van der Waals surface area contributed by atoms with Gasteiger partial charge in [-0.2, -0.15) is 0 Å². The van der Waals surface area contributed by atoms with Crippen LogP contribution in [0.3, 0.4) is 0 Å². The minimum atomic E-state index is -1.55. The first kappa shape index (κ1) is 44.2. The first-order chi connectivity index (χ1) is 22.8. The highest BCUT2D eigenvalue weighted by Gasteiger charge is 2.44. The molecule has 0 aromatic carbocycles. The van der Waals surface area contributed by atoms with E-state index < -0.39 is 49.5 Å². The lowest BCUT2D eigenvalue weighted by molar-refractivity contribution is -0.302. The smallest absolute Gasteiger partial charge is 0.220 e. The first-order valence-corrected chi connectivity index (χ1v) is 19.7. The Hall–Kier alpha value is -0.810. The van der Waals surface area contributed by atoms with Crippen LogP contribution < -0.4 is 5.32 Å². The number of nitrogens with one attached hydrogen (secondary N) is 1. The number of hydrogen-bond acceptors (Lipinski definition) is 8. The van der Waals surface area contributed by atoms with Crippen molar-refractivity contribution in [2.45, 2.75) is 224 Å². The van der Waals surface area contributed by atoms with Crippen molar-refractivity contribution in [1.82, 2.24) is 5.32 Å². The second-order valence-electron chi connectivity index (χ2n) is 14.1. The van der Waals surface area contributed by atoms with Crippen molar-refractivity contribution in [3.8, 4) is 0 Å². The van der Waals surface area contributed by atoms with Crippen molar-refractivity contribution >= 4 is 5.91 Å². The van der Waals surface area contributed by atoms with Crippen LogP contribution in [0.25, 0.3) is 0 Å². The topological polar surface area (TPSA) is 149 Å². The number of carbonyl (C=O) groups is 1. The summed E-state index contributed by atoms with van der Waals surface area (Å²) in [6.45, 7) is 3.81. The molecule has 7 atom stereocenters. The van der Waals surface area contributed by atoms with Crippen molar-refractivity contribution in [2.75, 3.05) is 13.2 Å². The molecule has 9 nitrogen and oxygen atoms in total. The van der Waals surface area contributed by atoms with Gasteiger partial charge in [0.25, 0.3) is 0 Å². The summed E-state index contributed by atoms with van der Waals surface area (Å²) in [7, 11) is 0. The third kappa shape index (κ3) is 21.8. The molecule has 0 saturated carbocycles. The molecule has 5 unspecified atom stereocenters. The highest BCUT2D eigenvalue weighted by Crippen LogP contribution is 2.23. The summed E-state index contributed by atoms with van der Waals surface area (Å²) in [5.41, 5.74) is 0.